The van der Waals surface area contributed by atoms with Gasteiger partial charge in [-0.15, -0.1) is 0 Å². The predicted octanol–water partition coefficient (Wildman–Crippen LogP) is 3.99. The summed E-state index contributed by atoms with van der Waals surface area (Å²) in [6, 6.07) is 3.47. The molecule has 0 saturated carbocycles. The molecule has 1 aromatic heterocycles. The Labute approximate surface area is 145 Å². The van der Waals surface area contributed by atoms with Crippen molar-refractivity contribution in [1.29, 1.82) is 0 Å². The van der Waals surface area contributed by atoms with Gasteiger partial charge in [-0.1, -0.05) is 0 Å². The second kappa shape index (κ2) is 7.27. The molecule has 0 aliphatic carbocycles. The molecular weight excluding hydrogens is 361 g/mol. The Morgan fingerprint density at radius 2 is 1.73 bits per heavy atom. The number of aromatic nitrogens is 1. The number of carbonyl (C=O) groups excluding carboxylic acids is 2. The van der Waals surface area contributed by atoms with Crippen LogP contribution in [0.3, 0.4) is 0 Å². The van der Waals surface area contributed by atoms with E-state index in [-0.39, 0.29) is 17.0 Å². The monoisotopic (exact) mass is 375 g/mol. The maximum atomic E-state index is 13.5. The van der Waals surface area contributed by atoms with Crippen molar-refractivity contribution in [1.82, 2.24) is 4.57 Å². The summed E-state index contributed by atoms with van der Waals surface area (Å²) in [5.74, 6) is -3.94. The first-order chi connectivity index (χ1) is 12.0. The molecule has 0 unspecified atom stereocenters. The number of ketones is 1. The Balaban J connectivity index is 2.11. The Kier molecular flexibility index (Phi) is 5.48. The number of benzene rings is 1. The minimum Gasteiger partial charge on any atom is -0.454 e. The molecule has 0 aliphatic rings. The molecule has 1 aromatic carbocycles. The van der Waals surface area contributed by atoms with Crippen molar-refractivity contribution in [3.8, 4) is 0 Å². The van der Waals surface area contributed by atoms with E-state index in [0.29, 0.717) is 6.07 Å². The largest absolute Gasteiger partial charge is 0.454 e. The fourth-order valence-electron chi connectivity index (χ4n) is 2.45. The van der Waals surface area contributed by atoms with Crippen LogP contribution in [0.5, 0.6) is 0 Å². The Morgan fingerprint density at radius 1 is 1.08 bits per heavy atom. The van der Waals surface area contributed by atoms with Crippen molar-refractivity contribution in [2.45, 2.75) is 26.6 Å². The Morgan fingerprint density at radius 3 is 2.31 bits per heavy atom. The van der Waals surface area contributed by atoms with Gasteiger partial charge in [0.05, 0.1) is 5.56 Å². The van der Waals surface area contributed by atoms with E-state index >= 15 is 0 Å². The summed E-state index contributed by atoms with van der Waals surface area (Å²) in [7, 11) is 0. The molecule has 1 heterocycles. The van der Waals surface area contributed by atoms with Gasteiger partial charge in [0.25, 0.3) is 0 Å². The maximum absolute atomic E-state index is 13.5. The highest BCUT2D eigenvalue weighted by molar-refractivity contribution is 6.00. The molecule has 0 N–H and O–H groups in total. The number of Topliss-reactive ketones (excluding diaryl/α,β-unsaturated/α-hetero) is 1. The second-order valence-electron chi connectivity index (χ2n) is 5.61. The van der Waals surface area contributed by atoms with Crippen molar-refractivity contribution < 1.29 is 36.3 Å². The van der Waals surface area contributed by atoms with Crippen molar-refractivity contribution in [2.75, 3.05) is 6.61 Å². The van der Waals surface area contributed by atoms with E-state index < -0.39 is 48.3 Å². The first-order valence-electron chi connectivity index (χ1n) is 7.38. The van der Waals surface area contributed by atoms with Gasteiger partial charge in [0.2, 0.25) is 5.78 Å². The third-order valence-electron chi connectivity index (χ3n) is 3.70. The van der Waals surface area contributed by atoms with Gasteiger partial charge in [0.1, 0.15) is 18.2 Å². The Bertz CT molecular complexity index is 855. The number of rotatable bonds is 5. The van der Waals surface area contributed by atoms with E-state index in [0.717, 1.165) is 16.7 Å². The highest BCUT2D eigenvalue weighted by atomic mass is 19.4. The van der Waals surface area contributed by atoms with Crippen LogP contribution in [0.15, 0.2) is 24.3 Å². The molecule has 4 nitrogen and oxygen atoms in total. The predicted molar refractivity (Wildman–Crippen MR) is 80.9 cm³/mol. The van der Waals surface area contributed by atoms with Gasteiger partial charge in [-0.2, -0.15) is 13.2 Å². The van der Waals surface area contributed by atoms with Gasteiger partial charge in [0, 0.05) is 23.0 Å². The lowest BCUT2D eigenvalue weighted by molar-refractivity contribution is -0.141. The number of aryl methyl sites for hydroxylation is 1. The molecule has 0 atom stereocenters. The molecule has 26 heavy (non-hydrogen) atoms. The SMILES string of the molecule is Cc1cc(C(=O)COC(=O)c2ccc(F)cc2F)c(C)n1CC(F)(F)F. The molecule has 0 amide bonds. The van der Waals surface area contributed by atoms with E-state index in [4.69, 9.17) is 0 Å². The highest BCUT2D eigenvalue weighted by Crippen LogP contribution is 2.23. The number of alkyl halides is 3. The van der Waals surface area contributed by atoms with E-state index in [1.807, 2.05) is 0 Å². The summed E-state index contributed by atoms with van der Waals surface area (Å²) in [4.78, 5) is 23.9. The zero-order valence-electron chi connectivity index (χ0n) is 13.8. The van der Waals surface area contributed by atoms with Crippen LogP contribution in [-0.2, 0) is 11.3 Å². The first kappa shape index (κ1) is 19.6. The van der Waals surface area contributed by atoms with E-state index in [1.54, 1.807) is 0 Å². The van der Waals surface area contributed by atoms with Crippen LogP contribution in [0.4, 0.5) is 22.0 Å². The average molecular weight is 375 g/mol. The fourth-order valence-corrected chi connectivity index (χ4v) is 2.45. The normalized spacial score (nSPS) is 11.5. The molecule has 0 bridgehead atoms. The lowest BCUT2D eigenvalue weighted by Gasteiger charge is -2.12. The van der Waals surface area contributed by atoms with Crippen LogP contribution >= 0.6 is 0 Å². The smallest absolute Gasteiger partial charge is 0.406 e. The molecule has 9 heteroatoms. The van der Waals surface area contributed by atoms with E-state index in [1.165, 1.54) is 19.9 Å². The third kappa shape index (κ3) is 4.47. The average Bonchev–Trinajstić information content (AvgIpc) is 2.79. The van der Waals surface area contributed by atoms with Crippen LogP contribution < -0.4 is 0 Å². The maximum Gasteiger partial charge on any atom is 0.406 e. The lowest BCUT2D eigenvalue weighted by atomic mass is 10.1. The number of hydrogen-bond donors (Lipinski definition) is 0. The standard InChI is InChI=1S/C17H14F5NO3/c1-9-5-13(10(2)23(9)8-17(20,21)22)15(24)7-26-16(25)12-4-3-11(18)6-14(12)19/h3-6H,7-8H2,1-2H3. The van der Waals surface area contributed by atoms with Crippen molar-refractivity contribution >= 4 is 11.8 Å². The van der Waals surface area contributed by atoms with Gasteiger partial charge in [-0.25, -0.2) is 13.6 Å². The van der Waals surface area contributed by atoms with Crippen LogP contribution in [-0.4, -0.2) is 29.1 Å². The summed E-state index contributed by atoms with van der Waals surface area (Å²) in [6.45, 7) is 0.716. The molecule has 0 radical (unpaired) electrons. The fraction of sp³-hybridized carbons (Fsp3) is 0.294. The third-order valence-corrected chi connectivity index (χ3v) is 3.70. The summed E-state index contributed by atoms with van der Waals surface area (Å²) in [5.41, 5.74) is -0.284. The zero-order valence-corrected chi connectivity index (χ0v) is 13.8. The molecule has 0 fully saturated rings. The lowest BCUT2D eigenvalue weighted by Crippen LogP contribution is -2.20. The first-order valence-corrected chi connectivity index (χ1v) is 7.38. The molecule has 0 aliphatic heterocycles. The van der Waals surface area contributed by atoms with Gasteiger partial charge in [-0.05, 0) is 32.0 Å². The number of carbonyl (C=O) groups is 2. The minimum atomic E-state index is -4.46. The minimum absolute atomic E-state index is 0.0286. The quantitative estimate of drug-likeness (QED) is 0.451. The van der Waals surface area contributed by atoms with Gasteiger partial charge in [0.15, 0.2) is 6.61 Å². The Hall–Kier alpha value is -2.71. The van der Waals surface area contributed by atoms with Crippen molar-refractivity contribution in [2.24, 2.45) is 0 Å². The summed E-state index contributed by atoms with van der Waals surface area (Å²) in [6.07, 6.45) is -4.46. The van der Waals surface area contributed by atoms with Crippen LogP contribution in [0.25, 0.3) is 0 Å². The number of hydrogen-bond acceptors (Lipinski definition) is 3. The van der Waals surface area contributed by atoms with Crippen LogP contribution in [0, 0.1) is 25.5 Å². The molecule has 2 rings (SSSR count). The van der Waals surface area contributed by atoms with Gasteiger partial charge >= 0.3 is 12.1 Å². The topological polar surface area (TPSA) is 48.3 Å². The van der Waals surface area contributed by atoms with E-state index in [2.05, 4.69) is 4.74 Å². The molecule has 0 saturated heterocycles. The number of halogens is 5. The molecule has 140 valence electrons. The number of nitrogens with zero attached hydrogens (tertiary/aromatic N) is 1. The molecular formula is C17H14F5NO3. The van der Waals surface area contributed by atoms with Crippen molar-refractivity contribution in [3.63, 3.8) is 0 Å². The number of esters is 1. The second-order valence-corrected chi connectivity index (χ2v) is 5.61. The molecule has 2 aromatic rings. The zero-order chi connectivity index (χ0) is 19.6. The summed E-state index contributed by atoms with van der Waals surface area (Å²) in [5, 5.41) is 0. The summed E-state index contributed by atoms with van der Waals surface area (Å²) >= 11 is 0. The summed E-state index contributed by atoms with van der Waals surface area (Å²) < 4.78 is 69.7. The van der Waals surface area contributed by atoms with Crippen LogP contribution in [0.1, 0.15) is 32.1 Å². The van der Waals surface area contributed by atoms with Gasteiger partial charge in [-0.3, -0.25) is 4.79 Å². The van der Waals surface area contributed by atoms with Crippen LogP contribution in [0.2, 0.25) is 0 Å². The molecule has 0 spiro atoms. The van der Waals surface area contributed by atoms with E-state index in [9.17, 15) is 31.5 Å². The van der Waals surface area contributed by atoms with Gasteiger partial charge < -0.3 is 9.30 Å². The highest BCUT2D eigenvalue weighted by Gasteiger charge is 2.30. The number of ether oxygens (including phenoxy) is 1. The van der Waals surface area contributed by atoms with Crippen molar-refractivity contribution in [3.05, 3.63) is 58.4 Å².